The van der Waals surface area contributed by atoms with Crippen LogP contribution in [0.4, 0.5) is 5.82 Å². The van der Waals surface area contributed by atoms with Crippen LogP contribution in [0.2, 0.25) is 0 Å². The van der Waals surface area contributed by atoms with Gasteiger partial charge in [-0.1, -0.05) is 30.3 Å². The molecule has 210 valence electrons. The fraction of sp³-hybridized carbons (Fsp3) is 0.364. The molecule has 1 aliphatic rings. The molecule has 1 unspecified atom stereocenters. The number of benzene rings is 3. The molecule has 0 amide bonds. The Labute approximate surface area is 236 Å². The van der Waals surface area contributed by atoms with Gasteiger partial charge in [-0.15, -0.1) is 0 Å². The highest BCUT2D eigenvalue weighted by Gasteiger charge is 2.37. The van der Waals surface area contributed by atoms with Crippen LogP contribution < -0.4 is 28.4 Å². The average molecular weight is 544 g/mol. The smallest absolute Gasteiger partial charge is 0.284 e. The number of hydrogen-bond donors (Lipinski definition) is 1. The normalized spacial score (nSPS) is 13.9. The van der Waals surface area contributed by atoms with Crippen LogP contribution in [0.15, 0.2) is 54.6 Å². The van der Waals surface area contributed by atoms with E-state index in [0.29, 0.717) is 11.5 Å². The van der Waals surface area contributed by atoms with Gasteiger partial charge in [0, 0.05) is 35.8 Å². The molecule has 0 fully saturated rings. The highest BCUT2D eigenvalue weighted by atomic mass is 16.5. The third-order valence-corrected chi connectivity index (χ3v) is 7.86. The number of hydrogen-bond acceptors (Lipinski definition) is 6. The highest BCUT2D eigenvalue weighted by molar-refractivity contribution is 5.96. The van der Waals surface area contributed by atoms with Crippen LogP contribution in [0.25, 0.3) is 33.2 Å². The van der Waals surface area contributed by atoms with Gasteiger partial charge in [-0.25, -0.2) is 4.57 Å². The lowest BCUT2D eigenvalue weighted by Crippen LogP contribution is -2.49. The van der Waals surface area contributed by atoms with E-state index in [0.717, 1.165) is 81.7 Å². The lowest BCUT2D eigenvalue weighted by Gasteiger charge is -2.31. The molecule has 1 atom stereocenters. The van der Waals surface area contributed by atoms with Crippen LogP contribution >= 0.6 is 0 Å². The summed E-state index contributed by atoms with van der Waals surface area (Å²) >= 11 is 0. The van der Waals surface area contributed by atoms with E-state index in [1.165, 1.54) is 0 Å². The molecule has 2 heterocycles. The van der Waals surface area contributed by atoms with E-state index in [4.69, 9.17) is 18.9 Å². The van der Waals surface area contributed by atoms with Crippen molar-refractivity contribution in [3.63, 3.8) is 0 Å². The zero-order chi connectivity index (χ0) is 28.4. The van der Waals surface area contributed by atoms with E-state index in [9.17, 15) is 5.11 Å². The fourth-order valence-electron chi connectivity index (χ4n) is 6.11. The standard InChI is InChI=1S/C33H39N2O5/c1-34(2)33-25-20-30(38-4)29(37-3)17-22(25)16-28-26-19-24(21-12-8-7-9-13-21)31(39-5)32(40-6)27(26)18-23(35(28)33)14-10-11-15-36/h7-9,12-13,16-17,19-20,23,36H,10-11,14-15,18H2,1-6H3/q+1. The van der Waals surface area contributed by atoms with Crippen molar-refractivity contribution in [1.29, 1.82) is 0 Å². The van der Waals surface area contributed by atoms with Gasteiger partial charge in [0.25, 0.3) is 5.82 Å². The first kappa shape index (κ1) is 27.6. The first-order valence-electron chi connectivity index (χ1n) is 13.7. The lowest BCUT2D eigenvalue weighted by molar-refractivity contribution is -0.702. The Morgan fingerprint density at radius 3 is 2.15 bits per heavy atom. The first-order chi connectivity index (χ1) is 19.5. The summed E-state index contributed by atoms with van der Waals surface area (Å²) in [4.78, 5) is 2.18. The number of nitrogens with zero attached hydrogens (tertiary/aromatic N) is 2. The van der Waals surface area contributed by atoms with Crippen molar-refractivity contribution in [3.8, 4) is 45.4 Å². The third kappa shape index (κ3) is 4.68. The topological polar surface area (TPSA) is 64.3 Å². The molecule has 40 heavy (non-hydrogen) atoms. The zero-order valence-electron chi connectivity index (χ0n) is 24.3. The Morgan fingerprint density at radius 1 is 0.825 bits per heavy atom. The molecular weight excluding hydrogens is 504 g/mol. The minimum atomic E-state index is 0.158. The quantitative estimate of drug-likeness (QED) is 0.201. The summed E-state index contributed by atoms with van der Waals surface area (Å²) in [5.41, 5.74) is 5.42. The van der Waals surface area contributed by atoms with E-state index < -0.39 is 0 Å². The van der Waals surface area contributed by atoms with E-state index in [2.05, 4.69) is 60.0 Å². The second-order valence-corrected chi connectivity index (χ2v) is 10.4. The van der Waals surface area contributed by atoms with Crippen molar-refractivity contribution in [2.45, 2.75) is 31.7 Å². The maximum Gasteiger partial charge on any atom is 0.284 e. The number of aliphatic hydroxyl groups excluding tert-OH is 1. The van der Waals surface area contributed by atoms with Gasteiger partial charge in [0.05, 0.1) is 47.9 Å². The van der Waals surface area contributed by atoms with Gasteiger partial charge in [-0.3, -0.25) is 4.90 Å². The SMILES string of the molecule is COc1cc2cc3[n+](c(N(C)C)c2cc1OC)C(CCCCO)Cc1c-3cc(-c2ccccc2)c(OC)c1OC. The third-order valence-electron chi connectivity index (χ3n) is 7.86. The Balaban J connectivity index is 1.88. The van der Waals surface area contributed by atoms with Crippen molar-refractivity contribution < 1.29 is 28.6 Å². The van der Waals surface area contributed by atoms with Crippen molar-refractivity contribution in [3.05, 3.63) is 60.2 Å². The van der Waals surface area contributed by atoms with Gasteiger partial charge >= 0.3 is 0 Å². The Kier molecular flexibility index (Phi) is 8.03. The average Bonchev–Trinajstić information content (AvgIpc) is 2.98. The van der Waals surface area contributed by atoms with Gasteiger partial charge in [0.2, 0.25) is 0 Å². The van der Waals surface area contributed by atoms with Gasteiger partial charge < -0.3 is 24.1 Å². The number of anilines is 1. The largest absolute Gasteiger partial charge is 0.493 e. The van der Waals surface area contributed by atoms with E-state index in [1.807, 2.05) is 18.2 Å². The molecule has 7 heteroatoms. The second kappa shape index (κ2) is 11.6. The summed E-state index contributed by atoms with van der Waals surface area (Å²) in [5, 5.41) is 11.7. The lowest BCUT2D eigenvalue weighted by atomic mass is 9.85. The van der Waals surface area contributed by atoms with Crippen molar-refractivity contribution in [1.82, 2.24) is 0 Å². The van der Waals surface area contributed by atoms with Crippen LogP contribution in [0, 0.1) is 0 Å². The number of ether oxygens (including phenoxy) is 4. The molecule has 0 saturated heterocycles. The number of rotatable bonds is 10. The molecule has 3 aromatic carbocycles. The maximum absolute atomic E-state index is 9.55. The molecule has 0 radical (unpaired) electrons. The fourth-order valence-corrected chi connectivity index (χ4v) is 6.11. The molecule has 0 saturated carbocycles. The highest BCUT2D eigenvalue weighted by Crippen LogP contribution is 2.49. The molecule has 0 bridgehead atoms. The molecular formula is C33H39N2O5+. The van der Waals surface area contributed by atoms with Crippen LogP contribution in [0.1, 0.15) is 30.9 Å². The predicted octanol–water partition coefficient (Wildman–Crippen LogP) is 5.82. The van der Waals surface area contributed by atoms with Gasteiger partial charge in [0.15, 0.2) is 23.0 Å². The van der Waals surface area contributed by atoms with Crippen LogP contribution in [0.5, 0.6) is 23.0 Å². The number of aromatic nitrogens is 1. The van der Waals surface area contributed by atoms with Crippen LogP contribution in [0.3, 0.4) is 0 Å². The summed E-state index contributed by atoms with van der Waals surface area (Å²) in [6, 6.07) is 19.1. The minimum absolute atomic E-state index is 0.158. The van der Waals surface area contributed by atoms with Crippen LogP contribution in [-0.4, -0.2) is 54.2 Å². The summed E-state index contributed by atoms with van der Waals surface area (Å²) in [5.74, 6) is 4.01. The monoisotopic (exact) mass is 543 g/mol. The molecule has 5 rings (SSSR count). The van der Waals surface area contributed by atoms with Gasteiger partial charge in [-0.05, 0) is 48.4 Å². The van der Waals surface area contributed by atoms with Gasteiger partial charge in [0.1, 0.15) is 11.7 Å². The second-order valence-electron chi connectivity index (χ2n) is 10.4. The maximum atomic E-state index is 9.55. The Hall–Kier alpha value is -3.97. The number of aliphatic hydroxyl groups is 1. The molecule has 0 aliphatic carbocycles. The van der Waals surface area contributed by atoms with Crippen molar-refractivity contribution in [2.75, 3.05) is 54.0 Å². The number of pyridine rings is 1. The summed E-state index contributed by atoms with van der Waals surface area (Å²) in [7, 11) is 10.9. The Bertz CT molecular complexity index is 1520. The van der Waals surface area contributed by atoms with E-state index >= 15 is 0 Å². The predicted molar refractivity (Wildman–Crippen MR) is 159 cm³/mol. The minimum Gasteiger partial charge on any atom is -0.493 e. The van der Waals surface area contributed by atoms with Crippen molar-refractivity contribution in [2.24, 2.45) is 0 Å². The van der Waals surface area contributed by atoms with Crippen LogP contribution in [-0.2, 0) is 6.42 Å². The molecule has 1 N–H and O–H groups in total. The summed E-state index contributed by atoms with van der Waals surface area (Å²) in [6.07, 6.45) is 3.39. The number of fused-ring (bicyclic) bond motifs is 4. The molecule has 7 nitrogen and oxygen atoms in total. The molecule has 1 aromatic heterocycles. The molecule has 0 spiro atoms. The number of methoxy groups -OCH3 is 4. The molecule has 1 aliphatic heterocycles. The van der Waals surface area contributed by atoms with E-state index in [1.54, 1.807) is 28.4 Å². The zero-order valence-corrected chi connectivity index (χ0v) is 24.3. The van der Waals surface area contributed by atoms with Crippen molar-refractivity contribution >= 4 is 16.6 Å². The Morgan fingerprint density at radius 2 is 1.52 bits per heavy atom. The number of unbranched alkanes of at least 4 members (excludes halogenated alkanes) is 1. The first-order valence-corrected chi connectivity index (χ1v) is 13.7. The van der Waals surface area contributed by atoms with Gasteiger partial charge in [-0.2, -0.15) is 0 Å². The molecule has 4 aromatic rings. The van der Waals surface area contributed by atoms with E-state index in [-0.39, 0.29) is 12.6 Å². The summed E-state index contributed by atoms with van der Waals surface area (Å²) in [6.45, 7) is 0.188. The summed E-state index contributed by atoms with van der Waals surface area (Å²) < 4.78 is 25.9.